The third-order valence-corrected chi connectivity index (χ3v) is 3.14. The summed E-state index contributed by atoms with van der Waals surface area (Å²) in [4.78, 5) is 7.77. The summed E-state index contributed by atoms with van der Waals surface area (Å²) in [6.07, 6.45) is 0. The van der Waals surface area contributed by atoms with E-state index in [1.807, 2.05) is 37.3 Å². The average molecular weight is 267 g/mol. The van der Waals surface area contributed by atoms with Crippen molar-refractivity contribution in [2.24, 2.45) is 0 Å². The first-order chi connectivity index (χ1) is 9.63. The molecular formula is C16H14FN3. The van der Waals surface area contributed by atoms with E-state index >= 15 is 0 Å². The van der Waals surface area contributed by atoms with Gasteiger partial charge in [-0.2, -0.15) is 0 Å². The number of nitrogens with zero attached hydrogens (tertiary/aromatic N) is 1. The van der Waals surface area contributed by atoms with Crippen LogP contribution >= 0.6 is 0 Å². The topological polar surface area (TPSA) is 54.7 Å². The summed E-state index contributed by atoms with van der Waals surface area (Å²) < 4.78 is 13.3. The van der Waals surface area contributed by atoms with E-state index in [1.165, 1.54) is 12.1 Å². The predicted octanol–water partition coefficient (Wildman–Crippen LogP) is 3.77. The van der Waals surface area contributed by atoms with Gasteiger partial charge in [0.05, 0.1) is 5.69 Å². The Bertz CT molecular complexity index is 762. The summed E-state index contributed by atoms with van der Waals surface area (Å²) in [5.74, 6) is 0.462. The van der Waals surface area contributed by atoms with Gasteiger partial charge in [-0.15, -0.1) is 0 Å². The second-order valence-electron chi connectivity index (χ2n) is 4.69. The van der Waals surface area contributed by atoms with E-state index in [1.54, 1.807) is 6.07 Å². The number of aromatic nitrogens is 2. The first-order valence-corrected chi connectivity index (χ1v) is 6.32. The number of halogens is 1. The van der Waals surface area contributed by atoms with Crippen LogP contribution in [0.4, 0.5) is 10.1 Å². The molecule has 1 aromatic heterocycles. The van der Waals surface area contributed by atoms with Crippen LogP contribution in [0.1, 0.15) is 5.69 Å². The molecule has 3 rings (SSSR count). The van der Waals surface area contributed by atoms with Crippen molar-refractivity contribution in [1.29, 1.82) is 0 Å². The molecule has 0 fully saturated rings. The lowest BCUT2D eigenvalue weighted by Crippen LogP contribution is -1.86. The van der Waals surface area contributed by atoms with Gasteiger partial charge in [-0.25, -0.2) is 9.37 Å². The van der Waals surface area contributed by atoms with Crippen molar-refractivity contribution in [2.75, 3.05) is 5.73 Å². The predicted molar refractivity (Wildman–Crippen MR) is 78.6 cm³/mol. The molecule has 0 amide bonds. The fraction of sp³-hybridized carbons (Fsp3) is 0.0625. The van der Waals surface area contributed by atoms with Crippen molar-refractivity contribution in [3.63, 3.8) is 0 Å². The zero-order valence-electron chi connectivity index (χ0n) is 11.0. The fourth-order valence-electron chi connectivity index (χ4n) is 2.20. The fourth-order valence-corrected chi connectivity index (χ4v) is 2.20. The van der Waals surface area contributed by atoms with Crippen LogP contribution in [0.3, 0.4) is 0 Å². The number of imidazole rings is 1. The van der Waals surface area contributed by atoms with Gasteiger partial charge in [0.2, 0.25) is 0 Å². The highest BCUT2D eigenvalue weighted by molar-refractivity contribution is 5.68. The highest BCUT2D eigenvalue weighted by atomic mass is 19.1. The number of nitrogen functional groups attached to an aromatic ring is 1. The molecule has 100 valence electrons. The third kappa shape index (κ3) is 2.28. The number of H-pyrrole nitrogens is 1. The molecule has 0 radical (unpaired) electrons. The van der Waals surface area contributed by atoms with Gasteiger partial charge in [0.15, 0.2) is 0 Å². The second-order valence-corrected chi connectivity index (χ2v) is 4.69. The summed E-state index contributed by atoms with van der Waals surface area (Å²) in [6, 6.07) is 13.9. The van der Waals surface area contributed by atoms with Crippen molar-refractivity contribution in [1.82, 2.24) is 9.97 Å². The molecule has 3 N–H and O–H groups in total. The van der Waals surface area contributed by atoms with Crippen LogP contribution in [0.25, 0.3) is 22.6 Å². The average Bonchev–Trinajstić information content (AvgIpc) is 2.81. The van der Waals surface area contributed by atoms with Gasteiger partial charge < -0.3 is 10.7 Å². The van der Waals surface area contributed by atoms with Crippen LogP contribution in [0.5, 0.6) is 0 Å². The van der Waals surface area contributed by atoms with Gasteiger partial charge in [-0.1, -0.05) is 24.3 Å². The molecule has 4 heteroatoms. The molecule has 0 aliphatic heterocycles. The van der Waals surface area contributed by atoms with Crippen molar-refractivity contribution < 1.29 is 4.39 Å². The highest BCUT2D eigenvalue weighted by Crippen LogP contribution is 2.26. The Labute approximate surface area is 116 Å². The van der Waals surface area contributed by atoms with E-state index in [2.05, 4.69) is 9.97 Å². The lowest BCUT2D eigenvalue weighted by Gasteiger charge is -1.98. The normalized spacial score (nSPS) is 10.7. The van der Waals surface area contributed by atoms with Crippen LogP contribution in [0, 0.1) is 12.7 Å². The largest absolute Gasteiger partial charge is 0.399 e. The van der Waals surface area contributed by atoms with Crippen LogP contribution in [0.2, 0.25) is 0 Å². The molecule has 20 heavy (non-hydrogen) atoms. The monoisotopic (exact) mass is 267 g/mol. The van der Waals surface area contributed by atoms with Gasteiger partial charge in [0, 0.05) is 22.5 Å². The summed E-state index contributed by atoms with van der Waals surface area (Å²) in [6.45, 7) is 1.92. The minimum atomic E-state index is -0.268. The number of anilines is 1. The number of hydrogen-bond acceptors (Lipinski definition) is 2. The molecule has 0 spiro atoms. The minimum Gasteiger partial charge on any atom is -0.399 e. The number of nitrogens with one attached hydrogen (secondary N) is 1. The number of benzene rings is 2. The summed E-state index contributed by atoms with van der Waals surface area (Å²) >= 11 is 0. The Morgan fingerprint density at radius 1 is 1.05 bits per heavy atom. The van der Waals surface area contributed by atoms with Crippen LogP contribution in [0.15, 0.2) is 48.5 Å². The van der Waals surface area contributed by atoms with E-state index in [4.69, 9.17) is 5.73 Å². The van der Waals surface area contributed by atoms with Crippen LogP contribution in [-0.2, 0) is 0 Å². The number of aryl methyl sites for hydroxylation is 1. The molecule has 3 aromatic rings. The van der Waals surface area contributed by atoms with E-state index in [0.29, 0.717) is 5.69 Å². The zero-order chi connectivity index (χ0) is 14.1. The van der Waals surface area contributed by atoms with Crippen molar-refractivity contribution in [3.05, 3.63) is 60.0 Å². The quantitative estimate of drug-likeness (QED) is 0.694. The smallest absolute Gasteiger partial charge is 0.138 e. The lowest BCUT2D eigenvalue weighted by atomic mass is 10.1. The Balaban J connectivity index is 2.08. The minimum absolute atomic E-state index is 0.268. The maximum atomic E-state index is 13.3. The van der Waals surface area contributed by atoms with Gasteiger partial charge in [0.1, 0.15) is 11.6 Å². The SMILES string of the molecule is Cc1[nH]c(-c2cccc(N)c2)nc1-c1cccc(F)c1. The molecule has 1 heterocycles. The number of hydrogen-bond donors (Lipinski definition) is 2. The summed E-state index contributed by atoms with van der Waals surface area (Å²) in [5.41, 5.74) is 9.78. The van der Waals surface area contributed by atoms with E-state index in [0.717, 1.165) is 28.3 Å². The van der Waals surface area contributed by atoms with Crippen LogP contribution in [-0.4, -0.2) is 9.97 Å². The molecule has 0 bridgehead atoms. The van der Waals surface area contributed by atoms with Gasteiger partial charge in [0.25, 0.3) is 0 Å². The van der Waals surface area contributed by atoms with E-state index < -0.39 is 0 Å². The third-order valence-electron chi connectivity index (χ3n) is 3.14. The molecule has 0 unspecified atom stereocenters. The second kappa shape index (κ2) is 4.81. The van der Waals surface area contributed by atoms with Gasteiger partial charge in [-0.05, 0) is 31.2 Å². The molecule has 0 atom stereocenters. The maximum Gasteiger partial charge on any atom is 0.138 e. The Kier molecular flexibility index (Phi) is 2.99. The molecular weight excluding hydrogens is 253 g/mol. The Morgan fingerprint density at radius 3 is 2.55 bits per heavy atom. The Hall–Kier alpha value is -2.62. The molecule has 0 aliphatic rings. The molecule has 0 saturated carbocycles. The highest BCUT2D eigenvalue weighted by Gasteiger charge is 2.11. The zero-order valence-corrected chi connectivity index (χ0v) is 11.0. The summed E-state index contributed by atoms with van der Waals surface area (Å²) in [7, 11) is 0. The van der Waals surface area contributed by atoms with Crippen molar-refractivity contribution in [3.8, 4) is 22.6 Å². The summed E-state index contributed by atoms with van der Waals surface area (Å²) in [5, 5.41) is 0. The molecule has 2 aromatic carbocycles. The molecule has 0 aliphatic carbocycles. The van der Waals surface area contributed by atoms with Crippen LogP contribution < -0.4 is 5.73 Å². The lowest BCUT2D eigenvalue weighted by molar-refractivity contribution is 0.628. The van der Waals surface area contributed by atoms with E-state index in [-0.39, 0.29) is 5.82 Å². The Morgan fingerprint density at radius 2 is 1.80 bits per heavy atom. The number of rotatable bonds is 2. The standard InChI is InChI=1S/C16H14FN3/c1-10-15(11-4-2-6-13(17)8-11)20-16(19-10)12-5-3-7-14(18)9-12/h2-9H,18H2,1H3,(H,19,20). The number of aromatic amines is 1. The van der Waals surface area contributed by atoms with Crippen molar-refractivity contribution in [2.45, 2.75) is 6.92 Å². The first-order valence-electron chi connectivity index (χ1n) is 6.32. The number of nitrogens with two attached hydrogens (primary N) is 1. The van der Waals surface area contributed by atoms with Crippen molar-refractivity contribution >= 4 is 5.69 Å². The molecule has 3 nitrogen and oxygen atoms in total. The van der Waals surface area contributed by atoms with E-state index in [9.17, 15) is 4.39 Å². The van der Waals surface area contributed by atoms with Gasteiger partial charge >= 0.3 is 0 Å². The first kappa shape index (κ1) is 12.4. The van der Waals surface area contributed by atoms with Gasteiger partial charge in [-0.3, -0.25) is 0 Å². The molecule has 0 saturated heterocycles. The maximum absolute atomic E-state index is 13.3.